The predicted octanol–water partition coefficient (Wildman–Crippen LogP) is 3.49. The van der Waals surface area contributed by atoms with Crippen LogP contribution in [0.3, 0.4) is 0 Å². The molecule has 1 saturated heterocycles. The molecule has 3 heteroatoms. The SMILES string of the molecule is O=C(c1ccc(/C=C/c2ccncc2)cc1)N1CCCC1. The van der Waals surface area contributed by atoms with Crippen LogP contribution in [0, 0.1) is 0 Å². The van der Waals surface area contributed by atoms with Crippen LogP contribution in [0.1, 0.15) is 34.3 Å². The van der Waals surface area contributed by atoms with Gasteiger partial charge in [0, 0.05) is 31.0 Å². The van der Waals surface area contributed by atoms with Crippen LogP contribution in [0.25, 0.3) is 12.2 Å². The number of hydrogen-bond donors (Lipinski definition) is 0. The summed E-state index contributed by atoms with van der Waals surface area (Å²) in [6, 6.07) is 11.7. The second-order valence-corrected chi connectivity index (χ2v) is 5.24. The fourth-order valence-electron chi connectivity index (χ4n) is 2.51. The average Bonchev–Trinajstić information content (AvgIpc) is 3.08. The molecule has 0 bridgehead atoms. The molecule has 1 amide bonds. The van der Waals surface area contributed by atoms with Crippen LogP contribution in [0.4, 0.5) is 0 Å². The molecule has 0 aliphatic carbocycles. The summed E-state index contributed by atoms with van der Waals surface area (Å²) in [7, 11) is 0. The van der Waals surface area contributed by atoms with Crippen LogP contribution in [0.5, 0.6) is 0 Å². The summed E-state index contributed by atoms with van der Waals surface area (Å²) in [6.07, 6.45) is 9.88. The van der Waals surface area contributed by atoms with Crippen molar-refractivity contribution in [3.8, 4) is 0 Å². The van der Waals surface area contributed by atoms with Gasteiger partial charge < -0.3 is 4.90 Å². The van der Waals surface area contributed by atoms with E-state index in [2.05, 4.69) is 4.98 Å². The molecule has 0 atom stereocenters. The Morgan fingerprint density at radius 2 is 1.48 bits per heavy atom. The Morgan fingerprint density at radius 1 is 0.905 bits per heavy atom. The third-order valence-corrected chi connectivity index (χ3v) is 3.73. The highest BCUT2D eigenvalue weighted by Gasteiger charge is 2.18. The molecular weight excluding hydrogens is 260 g/mol. The molecule has 0 saturated carbocycles. The van der Waals surface area contributed by atoms with Crippen LogP contribution in [0.2, 0.25) is 0 Å². The zero-order valence-electron chi connectivity index (χ0n) is 11.9. The van der Waals surface area contributed by atoms with Gasteiger partial charge in [-0.2, -0.15) is 0 Å². The monoisotopic (exact) mass is 278 g/mol. The number of carbonyl (C=O) groups excluding carboxylic acids is 1. The van der Waals surface area contributed by atoms with E-state index in [0.29, 0.717) is 0 Å². The van der Waals surface area contributed by atoms with Crippen molar-refractivity contribution in [1.29, 1.82) is 0 Å². The van der Waals surface area contributed by atoms with Gasteiger partial charge >= 0.3 is 0 Å². The van der Waals surface area contributed by atoms with Crippen molar-refractivity contribution in [2.24, 2.45) is 0 Å². The van der Waals surface area contributed by atoms with Gasteiger partial charge in [-0.3, -0.25) is 9.78 Å². The first kappa shape index (κ1) is 13.6. The van der Waals surface area contributed by atoms with Gasteiger partial charge in [-0.1, -0.05) is 24.3 Å². The van der Waals surface area contributed by atoms with E-state index in [1.165, 1.54) is 0 Å². The highest BCUT2D eigenvalue weighted by Crippen LogP contribution is 2.14. The normalized spacial score (nSPS) is 14.8. The Balaban J connectivity index is 1.69. The summed E-state index contributed by atoms with van der Waals surface area (Å²) >= 11 is 0. The van der Waals surface area contributed by atoms with Crippen molar-refractivity contribution in [1.82, 2.24) is 9.88 Å². The number of aromatic nitrogens is 1. The smallest absolute Gasteiger partial charge is 0.253 e. The topological polar surface area (TPSA) is 33.2 Å². The molecule has 2 aromatic rings. The second-order valence-electron chi connectivity index (χ2n) is 5.24. The van der Waals surface area contributed by atoms with Gasteiger partial charge in [0.1, 0.15) is 0 Å². The van der Waals surface area contributed by atoms with E-state index < -0.39 is 0 Å². The minimum Gasteiger partial charge on any atom is -0.339 e. The molecule has 0 N–H and O–H groups in total. The van der Waals surface area contributed by atoms with Crippen LogP contribution < -0.4 is 0 Å². The molecule has 1 aromatic carbocycles. The molecule has 1 aromatic heterocycles. The number of hydrogen-bond acceptors (Lipinski definition) is 2. The van der Waals surface area contributed by atoms with Crippen molar-refractivity contribution in [2.75, 3.05) is 13.1 Å². The Morgan fingerprint density at radius 3 is 2.10 bits per heavy atom. The fraction of sp³-hybridized carbons (Fsp3) is 0.222. The van der Waals surface area contributed by atoms with E-state index in [0.717, 1.165) is 42.6 Å². The van der Waals surface area contributed by atoms with E-state index >= 15 is 0 Å². The third-order valence-electron chi connectivity index (χ3n) is 3.73. The van der Waals surface area contributed by atoms with E-state index in [1.54, 1.807) is 12.4 Å². The lowest BCUT2D eigenvalue weighted by Gasteiger charge is -2.15. The first-order chi connectivity index (χ1) is 10.3. The molecule has 1 aliphatic heterocycles. The highest BCUT2D eigenvalue weighted by molar-refractivity contribution is 5.94. The lowest BCUT2D eigenvalue weighted by Crippen LogP contribution is -2.27. The van der Waals surface area contributed by atoms with Crippen molar-refractivity contribution in [3.63, 3.8) is 0 Å². The minimum atomic E-state index is 0.150. The molecule has 0 spiro atoms. The van der Waals surface area contributed by atoms with Gasteiger partial charge in [-0.15, -0.1) is 0 Å². The van der Waals surface area contributed by atoms with Gasteiger partial charge in [-0.05, 0) is 48.2 Å². The summed E-state index contributed by atoms with van der Waals surface area (Å²) in [6.45, 7) is 1.78. The summed E-state index contributed by atoms with van der Waals surface area (Å²) in [4.78, 5) is 18.2. The molecule has 106 valence electrons. The lowest BCUT2D eigenvalue weighted by molar-refractivity contribution is 0.0793. The van der Waals surface area contributed by atoms with Gasteiger partial charge in [-0.25, -0.2) is 0 Å². The standard InChI is InChI=1S/C18H18N2O/c21-18(20-13-1-2-14-20)17-7-5-15(6-8-17)3-4-16-9-11-19-12-10-16/h3-12H,1-2,13-14H2/b4-3+. The maximum Gasteiger partial charge on any atom is 0.253 e. The number of benzene rings is 1. The van der Waals surface area contributed by atoms with E-state index in [-0.39, 0.29) is 5.91 Å². The Bertz CT molecular complexity index is 626. The third kappa shape index (κ3) is 3.37. The molecule has 2 heterocycles. The van der Waals surface area contributed by atoms with Crippen molar-refractivity contribution >= 4 is 18.1 Å². The molecular formula is C18H18N2O. The summed E-state index contributed by atoms with van der Waals surface area (Å²) in [5.41, 5.74) is 2.98. The molecule has 1 fully saturated rings. The highest BCUT2D eigenvalue weighted by atomic mass is 16.2. The second kappa shape index (κ2) is 6.35. The van der Waals surface area contributed by atoms with Crippen LogP contribution >= 0.6 is 0 Å². The molecule has 0 radical (unpaired) electrons. The zero-order valence-corrected chi connectivity index (χ0v) is 11.9. The maximum atomic E-state index is 12.2. The van der Waals surface area contributed by atoms with E-state index in [4.69, 9.17) is 0 Å². The predicted molar refractivity (Wildman–Crippen MR) is 84.7 cm³/mol. The van der Waals surface area contributed by atoms with Crippen LogP contribution in [-0.2, 0) is 0 Å². The van der Waals surface area contributed by atoms with Crippen molar-refractivity contribution in [2.45, 2.75) is 12.8 Å². The Kier molecular flexibility index (Phi) is 4.10. The van der Waals surface area contributed by atoms with Crippen LogP contribution in [0.15, 0.2) is 48.8 Å². The largest absolute Gasteiger partial charge is 0.339 e. The van der Waals surface area contributed by atoms with Gasteiger partial charge in [0.05, 0.1) is 0 Å². The summed E-state index contributed by atoms with van der Waals surface area (Å²) in [5.74, 6) is 0.150. The van der Waals surface area contributed by atoms with Crippen LogP contribution in [-0.4, -0.2) is 28.9 Å². The first-order valence-corrected chi connectivity index (χ1v) is 7.30. The summed E-state index contributed by atoms with van der Waals surface area (Å²) < 4.78 is 0. The number of rotatable bonds is 3. The Labute approximate surface area is 124 Å². The number of likely N-dealkylation sites (tertiary alicyclic amines) is 1. The quantitative estimate of drug-likeness (QED) is 0.861. The first-order valence-electron chi connectivity index (χ1n) is 7.30. The number of nitrogens with zero attached hydrogens (tertiary/aromatic N) is 2. The van der Waals surface area contributed by atoms with Crippen molar-refractivity contribution in [3.05, 3.63) is 65.5 Å². The maximum absolute atomic E-state index is 12.2. The van der Waals surface area contributed by atoms with E-state index in [9.17, 15) is 4.79 Å². The van der Waals surface area contributed by atoms with Gasteiger partial charge in [0.25, 0.3) is 5.91 Å². The molecule has 3 nitrogen and oxygen atoms in total. The minimum absolute atomic E-state index is 0.150. The fourth-order valence-corrected chi connectivity index (χ4v) is 2.51. The van der Waals surface area contributed by atoms with Gasteiger partial charge in [0.2, 0.25) is 0 Å². The van der Waals surface area contributed by atoms with Gasteiger partial charge in [0.15, 0.2) is 0 Å². The van der Waals surface area contributed by atoms with Crippen molar-refractivity contribution < 1.29 is 4.79 Å². The number of pyridine rings is 1. The number of amides is 1. The summed E-state index contributed by atoms with van der Waals surface area (Å²) in [5, 5.41) is 0. The lowest BCUT2D eigenvalue weighted by atomic mass is 10.1. The number of carbonyl (C=O) groups is 1. The molecule has 21 heavy (non-hydrogen) atoms. The molecule has 1 aliphatic rings. The Hall–Kier alpha value is -2.42. The molecule has 3 rings (SSSR count). The average molecular weight is 278 g/mol. The van der Waals surface area contributed by atoms with E-state index in [1.807, 2.05) is 53.5 Å². The zero-order chi connectivity index (χ0) is 14.5. The molecule has 0 unspecified atom stereocenters.